The Balaban J connectivity index is 2.67. The average molecular weight is 301 g/mol. The molecule has 0 aliphatic heterocycles. The second-order valence-corrected chi connectivity index (χ2v) is 8.09. The molecule has 19 heavy (non-hydrogen) atoms. The topological polar surface area (TPSA) is 46.2 Å². The molecule has 1 aromatic rings. The summed E-state index contributed by atoms with van der Waals surface area (Å²) in [5.74, 6) is 0.832. The molecule has 1 atom stereocenters. The molecule has 0 saturated heterocycles. The van der Waals surface area contributed by atoms with Crippen molar-refractivity contribution in [2.75, 3.05) is 24.3 Å². The lowest BCUT2D eigenvalue weighted by Gasteiger charge is -2.17. The van der Waals surface area contributed by atoms with Crippen LogP contribution in [-0.4, -0.2) is 32.7 Å². The van der Waals surface area contributed by atoms with E-state index in [1.807, 2.05) is 12.1 Å². The van der Waals surface area contributed by atoms with E-state index in [1.54, 1.807) is 11.8 Å². The Bertz CT molecular complexity index is 486. The summed E-state index contributed by atoms with van der Waals surface area (Å²) in [4.78, 5) is 1.17. The van der Waals surface area contributed by atoms with Gasteiger partial charge in [-0.15, -0.1) is 11.8 Å². The number of rotatable bonds is 8. The van der Waals surface area contributed by atoms with Gasteiger partial charge in [-0.25, -0.2) is 8.42 Å². The maximum Gasteiger partial charge on any atom is 0.148 e. The Morgan fingerprint density at radius 3 is 2.63 bits per heavy atom. The van der Waals surface area contributed by atoms with Crippen molar-refractivity contribution in [3.05, 3.63) is 29.8 Å². The number of thioether (sulfide) groups is 1. The first-order chi connectivity index (χ1) is 8.94. The Hall–Kier alpha value is -0.520. The normalized spacial score (nSPS) is 13.4. The van der Waals surface area contributed by atoms with Crippen LogP contribution < -0.4 is 5.32 Å². The molecule has 1 rings (SSSR count). The number of hydrogen-bond donors (Lipinski definition) is 1. The summed E-state index contributed by atoms with van der Waals surface area (Å²) in [6, 6.07) is 8.49. The van der Waals surface area contributed by atoms with Crippen LogP contribution in [0.5, 0.6) is 0 Å². The molecule has 5 heteroatoms. The molecule has 0 heterocycles. The Morgan fingerprint density at radius 2 is 2.00 bits per heavy atom. The highest BCUT2D eigenvalue weighted by atomic mass is 32.2. The molecule has 0 aliphatic carbocycles. The first kappa shape index (κ1) is 16.5. The third-order valence-electron chi connectivity index (χ3n) is 2.80. The van der Waals surface area contributed by atoms with Gasteiger partial charge in [-0.2, -0.15) is 0 Å². The molecule has 0 radical (unpaired) electrons. The van der Waals surface area contributed by atoms with Crippen molar-refractivity contribution in [1.29, 1.82) is 0 Å². The Labute approximate surface area is 121 Å². The van der Waals surface area contributed by atoms with Gasteiger partial charge in [-0.05, 0) is 31.5 Å². The number of sulfone groups is 1. The van der Waals surface area contributed by atoms with Crippen LogP contribution >= 0.6 is 11.8 Å². The van der Waals surface area contributed by atoms with Crippen LogP contribution in [0, 0.1) is 0 Å². The minimum absolute atomic E-state index is 0.225. The van der Waals surface area contributed by atoms with Crippen LogP contribution in [0.2, 0.25) is 0 Å². The van der Waals surface area contributed by atoms with Crippen molar-refractivity contribution < 1.29 is 8.42 Å². The van der Waals surface area contributed by atoms with Crippen LogP contribution in [0.4, 0.5) is 0 Å². The van der Waals surface area contributed by atoms with Gasteiger partial charge >= 0.3 is 0 Å². The van der Waals surface area contributed by atoms with Gasteiger partial charge in [0.1, 0.15) is 9.84 Å². The summed E-state index contributed by atoms with van der Waals surface area (Å²) >= 11 is 1.62. The standard InChI is InChI=1S/C14H23NO2S2/c1-4-9-15-12(2)13-7-5-6-8-14(13)18-10-11-19(3,16)17/h5-8,12,15H,4,9-11H2,1-3H3. The van der Waals surface area contributed by atoms with Crippen molar-refractivity contribution in [2.24, 2.45) is 0 Å². The molecular formula is C14H23NO2S2. The predicted octanol–water partition coefficient (Wildman–Crippen LogP) is 2.88. The molecule has 108 valence electrons. The van der Waals surface area contributed by atoms with Gasteiger partial charge in [0.05, 0.1) is 5.75 Å². The molecule has 0 fully saturated rings. The van der Waals surface area contributed by atoms with E-state index in [0.29, 0.717) is 11.8 Å². The van der Waals surface area contributed by atoms with E-state index in [-0.39, 0.29) is 5.75 Å². The second-order valence-electron chi connectivity index (χ2n) is 4.69. The summed E-state index contributed by atoms with van der Waals surface area (Å²) in [7, 11) is -2.88. The fraction of sp³-hybridized carbons (Fsp3) is 0.571. The third kappa shape index (κ3) is 6.45. The molecule has 3 nitrogen and oxygen atoms in total. The first-order valence-corrected chi connectivity index (χ1v) is 9.61. The maximum atomic E-state index is 11.2. The molecule has 1 aromatic carbocycles. The van der Waals surface area contributed by atoms with E-state index in [9.17, 15) is 8.42 Å². The molecule has 0 aromatic heterocycles. The number of hydrogen-bond acceptors (Lipinski definition) is 4. The third-order valence-corrected chi connectivity index (χ3v) is 5.09. The van der Waals surface area contributed by atoms with Crippen LogP contribution in [0.15, 0.2) is 29.2 Å². The van der Waals surface area contributed by atoms with Gasteiger partial charge in [0.25, 0.3) is 0 Å². The Morgan fingerprint density at radius 1 is 1.32 bits per heavy atom. The van der Waals surface area contributed by atoms with E-state index < -0.39 is 9.84 Å². The van der Waals surface area contributed by atoms with E-state index in [2.05, 4.69) is 31.3 Å². The SMILES string of the molecule is CCCNC(C)c1ccccc1SCCS(C)(=O)=O. The fourth-order valence-electron chi connectivity index (χ4n) is 1.74. The van der Waals surface area contributed by atoms with E-state index in [4.69, 9.17) is 0 Å². The van der Waals surface area contributed by atoms with E-state index in [0.717, 1.165) is 13.0 Å². The molecule has 0 aliphatic rings. The minimum Gasteiger partial charge on any atom is -0.310 e. The van der Waals surface area contributed by atoms with E-state index in [1.165, 1.54) is 16.7 Å². The highest BCUT2D eigenvalue weighted by Gasteiger charge is 2.10. The molecule has 0 saturated carbocycles. The van der Waals surface area contributed by atoms with Gasteiger partial charge in [0.2, 0.25) is 0 Å². The highest BCUT2D eigenvalue weighted by molar-refractivity contribution is 8.00. The fourth-order valence-corrected chi connectivity index (χ4v) is 4.09. The van der Waals surface area contributed by atoms with Crippen LogP contribution in [0.25, 0.3) is 0 Å². The maximum absolute atomic E-state index is 11.2. The average Bonchev–Trinajstić information content (AvgIpc) is 2.35. The highest BCUT2D eigenvalue weighted by Crippen LogP contribution is 2.27. The van der Waals surface area contributed by atoms with E-state index >= 15 is 0 Å². The van der Waals surface area contributed by atoms with Gasteiger partial charge in [0.15, 0.2) is 0 Å². The van der Waals surface area contributed by atoms with Crippen molar-refractivity contribution >= 4 is 21.6 Å². The van der Waals surface area contributed by atoms with Crippen molar-refractivity contribution in [1.82, 2.24) is 5.32 Å². The molecule has 1 unspecified atom stereocenters. The zero-order valence-corrected chi connectivity index (χ0v) is 13.5. The quantitative estimate of drug-likeness (QED) is 0.750. The number of nitrogens with one attached hydrogen (secondary N) is 1. The van der Waals surface area contributed by atoms with Gasteiger partial charge in [-0.3, -0.25) is 0 Å². The smallest absolute Gasteiger partial charge is 0.148 e. The summed E-state index contributed by atoms with van der Waals surface area (Å²) in [6.07, 6.45) is 2.39. The van der Waals surface area contributed by atoms with Crippen LogP contribution in [-0.2, 0) is 9.84 Å². The first-order valence-electron chi connectivity index (χ1n) is 6.57. The lowest BCUT2D eigenvalue weighted by Crippen LogP contribution is -2.19. The molecule has 1 N–H and O–H groups in total. The van der Waals surface area contributed by atoms with Crippen molar-refractivity contribution in [2.45, 2.75) is 31.2 Å². The van der Waals surface area contributed by atoms with Crippen LogP contribution in [0.1, 0.15) is 31.9 Å². The molecular weight excluding hydrogens is 278 g/mol. The number of benzene rings is 1. The lowest BCUT2D eigenvalue weighted by molar-refractivity contribution is 0.564. The second kappa shape index (κ2) is 7.92. The summed E-state index contributed by atoms with van der Waals surface area (Å²) < 4.78 is 22.3. The molecule has 0 amide bonds. The summed E-state index contributed by atoms with van der Waals surface area (Å²) in [6.45, 7) is 5.28. The predicted molar refractivity (Wildman–Crippen MR) is 83.6 cm³/mol. The molecule has 0 bridgehead atoms. The largest absolute Gasteiger partial charge is 0.310 e. The zero-order valence-electron chi connectivity index (χ0n) is 11.8. The van der Waals surface area contributed by atoms with Crippen LogP contribution in [0.3, 0.4) is 0 Å². The van der Waals surface area contributed by atoms with Gasteiger partial charge in [-0.1, -0.05) is 25.1 Å². The minimum atomic E-state index is -2.88. The Kier molecular flexibility index (Phi) is 6.89. The lowest BCUT2D eigenvalue weighted by atomic mass is 10.1. The van der Waals surface area contributed by atoms with Gasteiger partial charge in [0, 0.05) is 22.9 Å². The molecule has 0 spiro atoms. The van der Waals surface area contributed by atoms with Crippen molar-refractivity contribution in [3.63, 3.8) is 0 Å². The monoisotopic (exact) mass is 301 g/mol. The summed E-state index contributed by atoms with van der Waals surface area (Å²) in [5, 5.41) is 3.46. The summed E-state index contributed by atoms with van der Waals surface area (Å²) in [5.41, 5.74) is 1.24. The van der Waals surface area contributed by atoms with Crippen molar-refractivity contribution in [3.8, 4) is 0 Å². The zero-order chi connectivity index (χ0) is 14.3. The van der Waals surface area contributed by atoms with Gasteiger partial charge < -0.3 is 5.32 Å².